The van der Waals surface area contributed by atoms with Crippen molar-refractivity contribution in [2.45, 2.75) is 24.7 Å². The quantitative estimate of drug-likeness (QED) is 0.797. The zero-order valence-electron chi connectivity index (χ0n) is 10.4. The molecule has 18 heavy (non-hydrogen) atoms. The summed E-state index contributed by atoms with van der Waals surface area (Å²) in [7, 11) is 1.61. The second kappa shape index (κ2) is 5.95. The summed E-state index contributed by atoms with van der Waals surface area (Å²) in [5.41, 5.74) is 1.84. The molecule has 6 heteroatoms. The summed E-state index contributed by atoms with van der Waals surface area (Å²) in [6.07, 6.45) is 2.92. The molecule has 0 saturated heterocycles. The Morgan fingerprint density at radius 2 is 2.28 bits per heavy atom. The highest BCUT2D eigenvalue weighted by Crippen LogP contribution is 2.23. The molecule has 2 aromatic heterocycles. The molecule has 2 aromatic rings. The van der Waals surface area contributed by atoms with Crippen molar-refractivity contribution < 1.29 is 4.74 Å². The third-order valence-corrected chi connectivity index (χ3v) is 3.67. The van der Waals surface area contributed by atoms with E-state index >= 15 is 0 Å². The van der Waals surface area contributed by atoms with Crippen molar-refractivity contribution in [3.05, 3.63) is 35.8 Å². The summed E-state index contributed by atoms with van der Waals surface area (Å²) in [6, 6.07) is 5.68. The maximum Gasteiger partial charge on any atom is 0.213 e. The van der Waals surface area contributed by atoms with Gasteiger partial charge in [-0.2, -0.15) is 0 Å². The number of hydrogen-bond donors (Lipinski definition) is 0. The molecule has 96 valence electrons. The molecule has 0 radical (unpaired) electrons. The molecule has 0 aliphatic rings. The molecule has 0 bridgehead atoms. The van der Waals surface area contributed by atoms with E-state index in [2.05, 4.69) is 38.1 Å². The molecule has 0 amide bonds. The van der Waals surface area contributed by atoms with Crippen molar-refractivity contribution in [2.24, 2.45) is 0 Å². The summed E-state index contributed by atoms with van der Waals surface area (Å²) < 4.78 is 6.87. The Hall–Kier alpha value is -1.43. The molecule has 2 rings (SSSR count). The van der Waals surface area contributed by atoms with Crippen molar-refractivity contribution in [2.75, 3.05) is 7.11 Å². The van der Waals surface area contributed by atoms with E-state index in [4.69, 9.17) is 4.74 Å². The van der Waals surface area contributed by atoms with Gasteiger partial charge in [-0.05, 0) is 12.5 Å². The van der Waals surface area contributed by atoms with Gasteiger partial charge >= 0.3 is 0 Å². The fourth-order valence-electron chi connectivity index (χ4n) is 1.57. The monoisotopic (exact) mass is 310 g/mol. The summed E-state index contributed by atoms with van der Waals surface area (Å²) in [4.78, 5) is 4.59. The molecule has 0 saturated carbocycles. The van der Waals surface area contributed by atoms with Crippen LogP contribution in [0.5, 0.6) is 5.88 Å². The van der Waals surface area contributed by atoms with Crippen molar-refractivity contribution >= 4 is 15.9 Å². The number of methoxy groups -OCH3 is 1. The minimum absolute atomic E-state index is 0.254. The SMILES string of the molecule is CCC(Br)c1cn(Cc2cccc(OC)n2)nn1. The number of aromatic nitrogens is 4. The van der Waals surface area contributed by atoms with Crippen LogP contribution in [-0.2, 0) is 6.54 Å². The number of rotatable bonds is 5. The highest BCUT2D eigenvalue weighted by molar-refractivity contribution is 9.09. The van der Waals surface area contributed by atoms with Gasteiger partial charge in [-0.25, -0.2) is 9.67 Å². The second-order valence-corrected chi connectivity index (χ2v) is 4.99. The van der Waals surface area contributed by atoms with Crippen LogP contribution in [0.4, 0.5) is 0 Å². The van der Waals surface area contributed by atoms with Crippen LogP contribution in [0.1, 0.15) is 29.6 Å². The molecule has 1 atom stereocenters. The number of alkyl halides is 1. The number of nitrogens with zero attached hydrogens (tertiary/aromatic N) is 4. The van der Waals surface area contributed by atoms with Crippen LogP contribution >= 0.6 is 15.9 Å². The average molecular weight is 311 g/mol. The lowest BCUT2D eigenvalue weighted by Gasteiger charge is -2.03. The van der Waals surface area contributed by atoms with E-state index in [1.54, 1.807) is 11.8 Å². The standard InChI is InChI=1S/C12H15BrN4O/c1-3-10(13)11-8-17(16-15-11)7-9-5-4-6-12(14-9)18-2/h4-6,8,10H,3,7H2,1-2H3. The molecular weight excluding hydrogens is 296 g/mol. The van der Waals surface area contributed by atoms with Gasteiger partial charge in [0.15, 0.2) is 0 Å². The first-order chi connectivity index (χ1) is 8.72. The number of pyridine rings is 1. The Kier molecular flexibility index (Phi) is 4.30. The molecule has 0 N–H and O–H groups in total. The van der Waals surface area contributed by atoms with Gasteiger partial charge in [0.05, 0.1) is 36.1 Å². The van der Waals surface area contributed by atoms with Gasteiger partial charge < -0.3 is 4.74 Å². The van der Waals surface area contributed by atoms with Crippen LogP contribution in [0, 0.1) is 0 Å². The van der Waals surface area contributed by atoms with E-state index in [0.717, 1.165) is 17.8 Å². The van der Waals surface area contributed by atoms with Gasteiger partial charge in [-0.15, -0.1) is 5.10 Å². The van der Waals surface area contributed by atoms with Gasteiger partial charge in [0.1, 0.15) is 0 Å². The molecule has 0 aliphatic carbocycles. The number of halogens is 1. The van der Waals surface area contributed by atoms with Crippen LogP contribution in [0.2, 0.25) is 0 Å². The first-order valence-electron chi connectivity index (χ1n) is 5.77. The smallest absolute Gasteiger partial charge is 0.213 e. The first-order valence-corrected chi connectivity index (χ1v) is 6.68. The van der Waals surface area contributed by atoms with E-state index in [1.807, 2.05) is 24.4 Å². The normalized spacial score (nSPS) is 12.4. The van der Waals surface area contributed by atoms with Crippen LogP contribution in [0.15, 0.2) is 24.4 Å². The van der Waals surface area contributed by atoms with Crippen molar-refractivity contribution in [3.63, 3.8) is 0 Å². The van der Waals surface area contributed by atoms with E-state index < -0.39 is 0 Å². The van der Waals surface area contributed by atoms with Crippen LogP contribution in [-0.4, -0.2) is 27.1 Å². The van der Waals surface area contributed by atoms with E-state index in [1.165, 1.54) is 0 Å². The third-order valence-electron chi connectivity index (χ3n) is 2.55. The molecule has 0 aliphatic heterocycles. The largest absolute Gasteiger partial charge is 0.481 e. The molecular formula is C12H15BrN4O. The predicted molar refractivity (Wildman–Crippen MR) is 71.9 cm³/mol. The number of ether oxygens (including phenoxy) is 1. The topological polar surface area (TPSA) is 52.8 Å². The Labute approximate surface area is 114 Å². The fraction of sp³-hybridized carbons (Fsp3) is 0.417. The minimum Gasteiger partial charge on any atom is -0.481 e. The lowest BCUT2D eigenvalue weighted by atomic mass is 10.3. The molecule has 0 fully saturated rings. The predicted octanol–water partition coefficient (Wildman–Crippen LogP) is 2.58. The van der Waals surface area contributed by atoms with Crippen LogP contribution < -0.4 is 4.74 Å². The summed E-state index contributed by atoms with van der Waals surface area (Å²) in [5.74, 6) is 0.611. The highest BCUT2D eigenvalue weighted by Gasteiger charge is 2.10. The van der Waals surface area contributed by atoms with Crippen molar-refractivity contribution in [1.82, 2.24) is 20.0 Å². The lowest BCUT2D eigenvalue weighted by molar-refractivity contribution is 0.395. The Morgan fingerprint density at radius 1 is 1.44 bits per heavy atom. The fourth-order valence-corrected chi connectivity index (χ4v) is 1.78. The number of hydrogen-bond acceptors (Lipinski definition) is 4. The van der Waals surface area contributed by atoms with Crippen LogP contribution in [0.3, 0.4) is 0 Å². The Balaban J connectivity index is 2.11. The van der Waals surface area contributed by atoms with Crippen LogP contribution in [0.25, 0.3) is 0 Å². The minimum atomic E-state index is 0.254. The second-order valence-electron chi connectivity index (χ2n) is 3.89. The van der Waals surface area contributed by atoms with E-state index in [9.17, 15) is 0 Å². The molecule has 0 aromatic carbocycles. The van der Waals surface area contributed by atoms with E-state index in [-0.39, 0.29) is 4.83 Å². The maximum absolute atomic E-state index is 5.09. The molecule has 5 nitrogen and oxygen atoms in total. The average Bonchev–Trinajstić information content (AvgIpc) is 2.86. The van der Waals surface area contributed by atoms with Gasteiger partial charge in [0, 0.05) is 6.07 Å². The maximum atomic E-state index is 5.09. The zero-order chi connectivity index (χ0) is 13.0. The highest BCUT2D eigenvalue weighted by atomic mass is 79.9. The molecule has 0 spiro atoms. The lowest BCUT2D eigenvalue weighted by Crippen LogP contribution is -2.03. The Bertz CT molecular complexity index is 514. The Morgan fingerprint density at radius 3 is 3.00 bits per heavy atom. The van der Waals surface area contributed by atoms with Crippen molar-refractivity contribution in [1.29, 1.82) is 0 Å². The van der Waals surface area contributed by atoms with Crippen molar-refractivity contribution in [3.8, 4) is 5.88 Å². The summed E-state index contributed by atoms with van der Waals surface area (Å²) in [5, 5.41) is 8.22. The molecule has 1 unspecified atom stereocenters. The molecule has 2 heterocycles. The summed E-state index contributed by atoms with van der Waals surface area (Å²) >= 11 is 3.56. The summed E-state index contributed by atoms with van der Waals surface area (Å²) in [6.45, 7) is 2.69. The zero-order valence-corrected chi connectivity index (χ0v) is 12.0. The third kappa shape index (κ3) is 3.07. The first kappa shape index (κ1) is 13.0. The van der Waals surface area contributed by atoms with Gasteiger partial charge in [0.2, 0.25) is 5.88 Å². The van der Waals surface area contributed by atoms with Gasteiger partial charge in [0.25, 0.3) is 0 Å². The van der Waals surface area contributed by atoms with E-state index in [0.29, 0.717) is 12.4 Å². The van der Waals surface area contributed by atoms with Gasteiger partial charge in [-0.1, -0.05) is 34.1 Å². The van der Waals surface area contributed by atoms with Gasteiger partial charge in [-0.3, -0.25) is 0 Å².